The number of nitro groups is 1. The molecule has 0 bridgehead atoms. The molecule has 1 amide bonds. The van der Waals surface area contributed by atoms with Crippen LogP contribution in [0.3, 0.4) is 0 Å². The summed E-state index contributed by atoms with van der Waals surface area (Å²) in [6.45, 7) is 3.25. The third-order valence-corrected chi connectivity index (χ3v) is 3.37. The highest BCUT2D eigenvalue weighted by Crippen LogP contribution is 2.29. The van der Waals surface area contributed by atoms with E-state index in [1.54, 1.807) is 19.1 Å². The van der Waals surface area contributed by atoms with E-state index in [9.17, 15) is 20.0 Å². The molecule has 0 saturated carbocycles. The van der Waals surface area contributed by atoms with Gasteiger partial charge in [0.05, 0.1) is 24.3 Å². The highest BCUT2D eigenvalue weighted by molar-refractivity contribution is 6.00. The SMILES string of the molecule is CCOc1cccc([N+](=O)[O-])c1C(=O)NC[C@](C)(O)c1ccco1. The smallest absolute Gasteiger partial charge is 0.285 e. The molecule has 24 heavy (non-hydrogen) atoms. The first-order valence-electron chi connectivity index (χ1n) is 7.31. The Balaban J connectivity index is 2.24. The molecule has 8 nitrogen and oxygen atoms in total. The first-order valence-corrected chi connectivity index (χ1v) is 7.31. The minimum absolute atomic E-state index is 0.113. The van der Waals surface area contributed by atoms with E-state index in [1.807, 2.05) is 0 Å². The minimum Gasteiger partial charge on any atom is -0.493 e. The summed E-state index contributed by atoms with van der Waals surface area (Å²) in [6, 6.07) is 7.33. The quantitative estimate of drug-likeness (QED) is 0.592. The number of furan rings is 1. The first-order chi connectivity index (χ1) is 11.4. The van der Waals surface area contributed by atoms with Crippen LogP contribution in [0, 0.1) is 10.1 Å². The molecule has 2 rings (SSSR count). The first kappa shape index (κ1) is 17.5. The van der Waals surface area contributed by atoms with Crippen LogP contribution < -0.4 is 10.1 Å². The molecule has 1 atom stereocenters. The molecule has 0 fully saturated rings. The molecule has 0 unspecified atom stereocenters. The number of rotatable bonds is 7. The molecule has 1 aromatic carbocycles. The number of hydrogen-bond acceptors (Lipinski definition) is 6. The maximum atomic E-state index is 12.4. The van der Waals surface area contributed by atoms with Gasteiger partial charge >= 0.3 is 0 Å². The average molecular weight is 334 g/mol. The topological polar surface area (TPSA) is 115 Å². The molecule has 0 saturated heterocycles. The Morgan fingerprint density at radius 2 is 2.17 bits per heavy atom. The number of carbonyl (C=O) groups is 1. The standard InChI is InChI=1S/C16H18N2O6/c1-3-23-12-7-4-6-11(18(21)22)14(12)15(19)17-10-16(2,20)13-8-5-9-24-13/h4-9,20H,3,10H2,1-2H3,(H,17,19)/t16-/m0/s1. The van der Waals surface area contributed by atoms with Gasteiger partial charge in [-0.15, -0.1) is 0 Å². The van der Waals surface area contributed by atoms with Gasteiger partial charge in [0.15, 0.2) is 5.56 Å². The summed E-state index contributed by atoms with van der Waals surface area (Å²) in [4.78, 5) is 23.0. The lowest BCUT2D eigenvalue weighted by Crippen LogP contribution is -2.38. The monoisotopic (exact) mass is 334 g/mol. The van der Waals surface area contributed by atoms with Gasteiger partial charge in [-0.3, -0.25) is 14.9 Å². The van der Waals surface area contributed by atoms with Gasteiger partial charge < -0.3 is 19.6 Å². The van der Waals surface area contributed by atoms with Crippen LogP contribution in [0.5, 0.6) is 5.75 Å². The maximum absolute atomic E-state index is 12.4. The number of ether oxygens (including phenoxy) is 1. The van der Waals surface area contributed by atoms with Gasteiger partial charge in [-0.1, -0.05) is 6.07 Å². The zero-order valence-electron chi connectivity index (χ0n) is 13.3. The number of amides is 1. The van der Waals surface area contributed by atoms with E-state index in [1.165, 1.54) is 31.4 Å². The van der Waals surface area contributed by atoms with Crippen LogP contribution in [0.15, 0.2) is 41.0 Å². The van der Waals surface area contributed by atoms with Crippen LogP contribution in [0.25, 0.3) is 0 Å². The highest BCUT2D eigenvalue weighted by Gasteiger charge is 2.30. The van der Waals surface area contributed by atoms with Gasteiger partial charge in [0.2, 0.25) is 0 Å². The second-order valence-electron chi connectivity index (χ2n) is 5.27. The fourth-order valence-corrected chi connectivity index (χ4v) is 2.19. The third kappa shape index (κ3) is 3.72. The van der Waals surface area contributed by atoms with Gasteiger partial charge in [-0.2, -0.15) is 0 Å². The van der Waals surface area contributed by atoms with Gasteiger partial charge in [0.1, 0.15) is 17.1 Å². The van der Waals surface area contributed by atoms with Crippen molar-refractivity contribution in [2.45, 2.75) is 19.4 Å². The molecule has 0 aliphatic heterocycles. The number of nitrogens with one attached hydrogen (secondary N) is 1. The molecular formula is C16H18N2O6. The third-order valence-electron chi connectivity index (χ3n) is 3.37. The van der Waals surface area contributed by atoms with Crippen molar-refractivity contribution in [3.05, 3.63) is 58.0 Å². The molecule has 128 valence electrons. The fraction of sp³-hybridized carbons (Fsp3) is 0.312. The van der Waals surface area contributed by atoms with Crippen molar-refractivity contribution in [3.8, 4) is 5.75 Å². The Morgan fingerprint density at radius 3 is 2.75 bits per heavy atom. The van der Waals surface area contributed by atoms with Gasteiger partial charge in [0, 0.05) is 6.07 Å². The van der Waals surface area contributed by atoms with Gasteiger partial charge in [0.25, 0.3) is 11.6 Å². The molecule has 8 heteroatoms. The predicted octanol–water partition coefficient (Wildman–Crippen LogP) is 2.22. The van der Waals surface area contributed by atoms with Crippen molar-refractivity contribution in [1.82, 2.24) is 5.32 Å². The Kier molecular flexibility index (Phi) is 5.20. The Morgan fingerprint density at radius 1 is 1.42 bits per heavy atom. The molecule has 1 heterocycles. The van der Waals surface area contributed by atoms with E-state index in [0.717, 1.165) is 0 Å². The van der Waals surface area contributed by atoms with E-state index in [-0.39, 0.29) is 35.9 Å². The van der Waals surface area contributed by atoms with Crippen LogP contribution in [-0.4, -0.2) is 29.1 Å². The van der Waals surface area contributed by atoms with Crippen LogP contribution in [-0.2, 0) is 5.60 Å². The lowest BCUT2D eigenvalue weighted by atomic mass is 10.0. The highest BCUT2D eigenvalue weighted by atomic mass is 16.6. The number of nitrogens with zero attached hydrogens (tertiary/aromatic N) is 1. The maximum Gasteiger partial charge on any atom is 0.285 e. The summed E-state index contributed by atoms with van der Waals surface area (Å²) >= 11 is 0. The van der Waals surface area contributed by atoms with Crippen molar-refractivity contribution in [3.63, 3.8) is 0 Å². The number of aliphatic hydroxyl groups is 1. The summed E-state index contributed by atoms with van der Waals surface area (Å²) in [5.74, 6) is -0.324. The second-order valence-corrected chi connectivity index (χ2v) is 5.27. The largest absolute Gasteiger partial charge is 0.493 e. The lowest BCUT2D eigenvalue weighted by molar-refractivity contribution is -0.385. The number of nitro benzene ring substituents is 1. The molecule has 0 spiro atoms. The van der Waals surface area contributed by atoms with E-state index >= 15 is 0 Å². The van der Waals surface area contributed by atoms with E-state index in [2.05, 4.69) is 5.32 Å². The molecule has 0 aliphatic rings. The molecule has 2 aromatic rings. The van der Waals surface area contributed by atoms with E-state index in [0.29, 0.717) is 0 Å². The summed E-state index contributed by atoms with van der Waals surface area (Å²) in [5.41, 5.74) is -2.00. The van der Waals surface area contributed by atoms with Crippen LogP contribution in [0.2, 0.25) is 0 Å². The Labute approximate surface area is 138 Å². The number of hydrogen-bond donors (Lipinski definition) is 2. The van der Waals surface area contributed by atoms with Crippen molar-refractivity contribution >= 4 is 11.6 Å². The summed E-state index contributed by atoms with van der Waals surface area (Å²) in [6.07, 6.45) is 1.40. The van der Waals surface area contributed by atoms with Crippen molar-refractivity contribution in [2.75, 3.05) is 13.2 Å². The second kappa shape index (κ2) is 7.14. The molecule has 2 N–H and O–H groups in total. The van der Waals surface area contributed by atoms with Crippen LogP contribution in [0.1, 0.15) is 30.0 Å². The molecule has 0 radical (unpaired) electrons. The molecule has 1 aromatic heterocycles. The van der Waals surface area contributed by atoms with Gasteiger partial charge in [-0.25, -0.2) is 0 Å². The number of carbonyl (C=O) groups excluding carboxylic acids is 1. The van der Waals surface area contributed by atoms with E-state index < -0.39 is 16.4 Å². The summed E-state index contributed by atoms with van der Waals surface area (Å²) in [5, 5.41) is 24.0. The van der Waals surface area contributed by atoms with Gasteiger partial charge in [-0.05, 0) is 32.0 Å². The van der Waals surface area contributed by atoms with Crippen molar-refractivity contribution in [2.24, 2.45) is 0 Å². The molecular weight excluding hydrogens is 316 g/mol. The predicted molar refractivity (Wildman–Crippen MR) is 84.9 cm³/mol. The zero-order valence-corrected chi connectivity index (χ0v) is 13.3. The fourth-order valence-electron chi connectivity index (χ4n) is 2.19. The lowest BCUT2D eigenvalue weighted by Gasteiger charge is -2.21. The summed E-state index contributed by atoms with van der Waals surface area (Å²) in [7, 11) is 0. The van der Waals surface area contributed by atoms with E-state index in [4.69, 9.17) is 9.15 Å². The number of benzene rings is 1. The minimum atomic E-state index is -1.45. The van der Waals surface area contributed by atoms with Crippen molar-refractivity contribution < 1.29 is 24.0 Å². The van der Waals surface area contributed by atoms with Crippen LogP contribution in [0.4, 0.5) is 5.69 Å². The molecule has 0 aliphatic carbocycles. The normalized spacial score (nSPS) is 13.1. The van der Waals surface area contributed by atoms with Crippen molar-refractivity contribution in [1.29, 1.82) is 0 Å². The summed E-state index contributed by atoms with van der Waals surface area (Å²) < 4.78 is 10.4. The zero-order chi connectivity index (χ0) is 17.7. The average Bonchev–Trinajstić information content (AvgIpc) is 3.08. The Bertz CT molecular complexity index is 724. The Hall–Kier alpha value is -2.87. The van der Waals surface area contributed by atoms with Crippen LogP contribution >= 0.6 is 0 Å².